The van der Waals surface area contributed by atoms with Gasteiger partial charge >= 0.3 is 0 Å². The van der Waals surface area contributed by atoms with Crippen LogP contribution in [0.25, 0.3) is 0 Å². The predicted octanol–water partition coefficient (Wildman–Crippen LogP) is 5.11. The van der Waals surface area contributed by atoms with E-state index in [1.54, 1.807) is 6.07 Å². The monoisotopic (exact) mass is 447 g/mol. The molecule has 2 aromatic carbocycles. The summed E-state index contributed by atoms with van der Waals surface area (Å²) >= 11 is 5.97. The van der Waals surface area contributed by atoms with Crippen LogP contribution in [0.15, 0.2) is 42.5 Å². The van der Waals surface area contributed by atoms with Gasteiger partial charge < -0.3 is 15.1 Å². The van der Waals surface area contributed by atoms with Gasteiger partial charge in [-0.1, -0.05) is 23.7 Å². The van der Waals surface area contributed by atoms with Gasteiger partial charge in [-0.3, -0.25) is 4.79 Å². The van der Waals surface area contributed by atoms with Crippen molar-refractivity contribution < 1.29 is 9.18 Å². The van der Waals surface area contributed by atoms with Crippen molar-refractivity contribution in [3.63, 3.8) is 0 Å². The van der Waals surface area contributed by atoms with Crippen LogP contribution in [0.5, 0.6) is 0 Å². The Balaban J connectivity index is 0.00000196. The predicted molar refractivity (Wildman–Crippen MR) is 119 cm³/mol. The van der Waals surface area contributed by atoms with Crippen LogP contribution < -0.4 is 10.2 Å². The van der Waals surface area contributed by atoms with Crippen molar-refractivity contribution in [3.05, 3.63) is 58.9 Å². The molecule has 1 N–H and O–H groups in total. The van der Waals surface area contributed by atoms with Crippen LogP contribution in [0.1, 0.15) is 23.2 Å². The third-order valence-electron chi connectivity index (χ3n) is 4.94. The molecular weight excluding hydrogens is 424 g/mol. The van der Waals surface area contributed by atoms with Crippen molar-refractivity contribution in [2.45, 2.75) is 18.9 Å². The van der Waals surface area contributed by atoms with Crippen LogP contribution >= 0.6 is 36.4 Å². The lowest BCUT2D eigenvalue weighted by atomic mass is 10.0. The third kappa shape index (κ3) is 5.74. The Morgan fingerprint density at radius 2 is 1.82 bits per heavy atom. The highest BCUT2D eigenvalue weighted by Crippen LogP contribution is 2.26. The minimum Gasteiger partial charge on any atom is -0.371 e. The number of amides is 1. The van der Waals surface area contributed by atoms with E-state index in [2.05, 4.69) is 29.2 Å². The van der Waals surface area contributed by atoms with Crippen molar-refractivity contribution in [3.8, 4) is 0 Å². The smallest absolute Gasteiger partial charge is 0.260 e. The molecule has 0 unspecified atom stereocenters. The number of benzene rings is 2. The van der Waals surface area contributed by atoms with E-state index in [4.69, 9.17) is 11.6 Å². The van der Waals surface area contributed by atoms with Gasteiger partial charge in [0, 0.05) is 24.5 Å². The molecule has 154 valence electrons. The Morgan fingerprint density at radius 3 is 2.46 bits per heavy atom. The van der Waals surface area contributed by atoms with Crippen LogP contribution in [-0.2, 0) is 0 Å². The molecule has 2 aromatic rings. The maximum absolute atomic E-state index is 13.9. The first-order chi connectivity index (χ1) is 12.5. The molecule has 3 rings (SSSR count). The standard InChI is InChI=1S/C20H23ClFN3O.2ClH/c1-24-11-9-15(10-12-24)25(2)16-6-3-5-14(13-16)23-20(26)19-17(21)7-4-8-18(19)22;;/h3-8,13,15H,9-12H2,1-2H3,(H,23,26);2*1H. The molecule has 4 nitrogen and oxygen atoms in total. The Kier molecular flexibility index (Phi) is 9.51. The van der Waals surface area contributed by atoms with Crippen LogP contribution in [0, 0.1) is 5.82 Å². The minimum absolute atomic E-state index is 0. The second-order valence-electron chi connectivity index (χ2n) is 6.75. The highest BCUT2D eigenvalue weighted by molar-refractivity contribution is 6.34. The van der Waals surface area contributed by atoms with Gasteiger partial charge in [-0.25, -0.2) is 4.39 Å². The number of anilines is 2. The molecule has 1 heterocycles. The van der Waals surface area contributed by atoms with E-state index in [1.807, 2.05) is 18.2 Å². The van der Waals surface area contributed by atoms with Gasteiger partial charge in [-0.2, -0.15) is 0 Å². The first-order valence-electron chi connectivity index (χ1n) is 8.72. The number of rotatable bonds is 4. The summed E-state index contributed by atoms with van der Waals surface area (Å²) in [6.45, 7) is 2.16. The second-order valence-corrected chi connectivity index (χ2v) is 7.15. The van der Waals surface area contributed by atoms with Crippen molar-refractivity contribution in [1.82, 2.24) is 4.90 Å². The van der Waals surface area contributed by atoms with E-state index in [9.17, 15) is 9.18 Å². The molecule has 1 aliphatic rings. The summed E-state index contributed by atoms with van der Waals surface area (Å²) < 4.78 is 13.9. The molecule has 0 aliphatic carbocycles. The third-order valence-corrected chi connectivity index (χ3v) is 5.25. The molecule has 0 saturated carbocycles. The first-order valence-corrected chi connectivity index (χ1v) is 9.10. The number of hydrogen-bond acceptors (Lipinski definition) is 3. The molecule has 28 heavy (non-hydrogen) atoms. The number of carbonyl (C=O) groups is 1. The zero-order valence-electron chi connectivity index (χ0n) is 15.8. The highest BCUT2D eigenvalue weighted by Gasteiger charge is 2.21. The van der Waals surface area contributed by atoms with Crippen molar-refractivity contribution in [2.24, 2.45) is 0 Å². The van der Waals surface area contributed by atoms with Crippen LogP contribution in [-0.4, -0.2) is 44.0 Å². The zero-order valence-corrected chi connectivity index (χ0v) is 18.2. The lowest BCUT2D eigenvalue weighted by molar-refractivity contribution is 0.102. The number of carbonyl (C=O) groups excluding carboxylic acids is 1. The van der Waals surface area contributed by atoms with Gasteiger partial charge in [-0.05, 0) is 63.3 Å². The summed E-state index contributed by atoms with van der Waals surface area (Å²) in [4.78, 5) is 17.0. The topological polar surface area (TPSA) is 35.6 Å². The Labute approximate surface area is 182 Å². The summed E-state index contributed by atoms with van der Waals surface area (Å²) in [5.41, 5.74) is 1.51. The molecule has 8 heteroatoms. The van der Waals surface area contributed by atoms with Crippen molar-refractivity contribution in [1.29, 1.82) is 0 Å². The van der Waals surface area contributed by atoms with Gasteiger partial charge in [0.2, 0.25) is 0 Å². The number of nitrogens with zero attached hydrogens (tertiary/aromatic N) is 2. The van der Waals surface area contributed by atoms with Gasteiger partial charge in [0.15, 0.2) is 0 Å². The molecular formula is C20H25Cl3FN3O. The number of piperidine rings is 1. The lowest BCUT2D eigenvalue weighted by Gasteiger charge is -2.36. The fourth-order valence-corrected chi connectivity index (χ4v) is 3.55. The minimum atomic E-state index is -0.630. The summed E-state index contributed by atoms with van der Waals surface area (Å²) in [5.74, 6) is -1.18. The van der Waals surface area contributed by atoms with E-state index < -0.39 is 11.7 Å². The Bertz CT molecular complexity index is 778. The van der Waals surface area contributed by atoms with Gasteiger partial charge in [0.1, 0.15) is 5.82 Å². The van der Waals surface area contributed by atoms with Crippen LogP contribution in [0.4, 0.5) is 15.8 Å². The van der Waals surface area contributed by atoms with E-state index in [0.29, 0.717) is 11.7 Å². The quantitative estimate of drug-likeness (QED) is 0.706. The fraction of sp³-hybridized carbons (Fsp3) is 0.350. The molecule has 0 spiro atoms. The van der Waals surface area contributed by atoms with Gasteiger partial charge in [-0.15, -0.1) is 24.8 Å². The summed E-state index contributed by atoms with van der Waals surface area (Å²) in [5, 5.41) is 2.85. The van der Waals surface area contributed by atoms with Crippen molar-refractivity contribution >= 4 is 53.7 Å². The van der Waals surface area contributed by atoms with Crippen molar-refractivity contribution in [2.75, 3.05) is 37.4 Å². The molecule has 0 aromatic heterocycles. The summed E-state index contributed by atoms with van der Waals surface area (Å²) in [6.07, 6.45) is 2.21. The van der Waals surface area contributed by atoms with E-state index in [-0.39, 0.29) is 35.4 Å². The zero-order chi connectivity index (χ0) is 18.7. The maximum Gasteiger partial charge on any atom is 0.260 e. The normalized spacial score (nSPS) is 14.6. The highest BCUT2D eigenvalue weighted by atomic mass is 35.5. The second kappa shape index (κ2) is 10.9. The number of likely N-dealkylation sites (tertiary alicyclic amines) is 1. The number of hydrogen-bond donors (Lipinski definition) is 1. The van der Waals surface area contributed by atoms with Gasteiger partial charge in [0.25, 0.3) is 5.91 Å². The van der Waals surface area contributed by atoms with E-state index >= 15 is 0 Å². The molecule has 0 radical (unpaired) electrons. The van der Waals surface area contributed by atoms with Crippen LogP contribution in [0.2, 0.25) is 5.02 Å². The summed E-state index contributed by atoms with van der Waals surface area (Å²) in [6, 6.07) is 12.3. The Morgan fingerprint density at radius 1 is 1.18 bits per heavy atom. The fourth-order valence-electron chi connectivity index (χ4n) is 3.30. The SMILES string of the molecule is CN1CCC(N(C)c2cccc(NC(=O)c3c(F)cccc3Cl)c2)CC1.Cl.Cl. The first kappa shape index (κ1) is 24.5. The molecule has 1 aliphatic heterocycles. The molecule has 1 saturated heterocycles. The largest absolute Gasteiger partial charge is 0.371 e. The molecule has 1 amide bonds. The number of halogens is 4. The molecule has 0 atom stereocenters. The van der Waals surface area contributed by atoms with E-state index in [0.717, 1.165) is 31.6 Å². The average Bonchev–Trinajstić information content (AvgIpc) is 2.62. The van der Waals surface area contributed by atoms with E-state index in [1.165, 1.54) is 18.2 Å². The molecule has 0 bridgehead atoms. The summed E-state index contributed by atoms with van der Waals surface area (Å²) in [7, 11) is 4.21. The lowest BCUT2D eigenvalue weighted by Crippen LogP contribution is -2.42. The van der Waals surface area contributed by atoms with Crippen LogP contribution in [0.3, 0.4) is 0 Å². The average molecular weight is 449 g/mol. The van der Waals surface area contributed by atoms with Gasteiger partial charge in [0.05, 0.1) is 10.6 Å². The maximum atomic E-state index is 13.9. The Hall–Kier alpha value is -1.53. The number of nitrogens with one attached hydrogen (secondary N) is 1. The molecule has 1 fully saturated rings.